The van der Waals surface area contributed by atoms with Gasteiger partial charge in [0.15, 0.2) is 11.4 Å². The fraction of sp³-hybridized carbons (Fsp3) is 0.320. The van der Waals surface area contributed by atoms with Crippen molar-refractivity contribution in [3.8, 4) is 5.75 Å². The number of hydrogen-bond donors (Lipinski definition) is 2. The molecular formula is C25H25F4N9O3. The second kappa shape index (κ2) is 13.0. The zero-order valence-corrected chi connectivity index (χ0v) is 21.7. The summed E-state index contributed by atoms with van der Waals surface area (Å²) in [7, 11) is 1.55. The summed E-state index contributed by atoms with van der Waals surface area (Å²) in [5.74, 6) is -0.473. The average molecular weight is 576 g/mol. The summed E-state index contributed by atoms with van der Waals surface area (Å²) in [5.41, 5.74) is -0.0889. The van der Waals surface area contributed by atoms with Gasteiger partial charge in [0.05, 0.1) is 43.9 Å². The zero-order valence-electron chi connectivity index (χ0n) is 21.7. The minimum Gasteiger partial charge on any atom is -0.497 e. The summed E-state index contributed by atoms with van der Waals surface area (Å²) >= 11 is 0. The van der Waals surface area contributed by atoms with Crippen molar-refractivity contribution in [2.75, 3.05) is 7.11 Å². The third kappa shape index (κ3) is 8.30. The number of rotatable bonds is 12. The molecule has 0 radical (unpaired) electrons. The molecule has 12 nitrogen and oxygen atoms in total. The third-order valence-corrected chi connectivity index (χ3v) is 5.76. The molecule has 1 unspecified atom stereocenters. The highest BCUT2D eigenvalue weighted by Crippen LogP contribution is 2.29. The van der Waals surface area contributed by atoms with Gasteiger partial charge >= 0.3 is 6.18 Å². The van der Waals surface area contributed by atoms with E-state index in [1.165, 1.54) is 17.1 Å². The van der Waals surface area contributed by atoms with E-state index in [0.29, 0.717) is 5.75 Å². The molecule has 1 aromatic carbocycles. The lowest BCUT2D eigenvalue weighted by atomic mass is 10.2. The molecule has 4 rings (SSSR count). The summed E-state index contributed by atoms with van der Waals surface area (Å²) < 4.78 is 60.7. The molecular weight excluding hydrogens is 550 g/mol. The molecule has 41 heavy (non-hydrogen) atoms. The Kier molecular flexibility index (Phi) is 9.21. The SMILES string of the molecule is COc1cccc(CNC(=O)c2cn(CCC(F)Cn3cc(C(=O)NCc4cc(C(F)(F)F)ccn4)nn3)nn2)c1. The number of aryl methyl sites for hydroxylation is 1. The van der Waals surface area contributed by atoms with Crippen LogP contribution in [0.15, 0.2) is 55.0 Å². The van der Waals surface area contributed by atoms with Gasteiger partial charge in [0.25, 0.3) is 11.8 Å². The summed E-state index contributed by atoms with van der Waals surface area (Å²) in [5, 5.41) is 20.2. The Morgan fingerprint density at radius 2 is 1.66 bits per heavy atom. The molecule has 0 bridgehead atoms. The summed E-state index contributed by atoms with van der Waals surface area (Å²) in [6.45, 7) is -0.0861. The van der Waals surface area contributed by atoms with Crippen LogP contribution >= 0.6 is 0 Å². The Bertz CT molecular complexity index is 1490. The lowest BCUT2D eigenvalue weighted by Gasteiger charge is -2.08. The molecule has 2 N–H and O–H groups in total. The topological polar surface area (TPSA) is 142 Å². The summed E-state index contributed by atoms with van der Waals surface area (Å²) in [6.07, 6.45) is -2.28. The number of carbonyl (C=O) groups excluding carboxylic acids is 2. The molecule has 0 aliphatic carbocycles. The van der Waals surface area contributed by atoms with Gasteiger partial charge in [-0.2, -0.15) is 13.2 Å². The van der Waals surface area contributed by atoms with E-state index in [1.54, 1.807) is 25.3 Å². The number of pyridine rings is 1. The Balaban J connectivity index is 1.21. The van der Waals surface area contributed by atoms with E-state index in [4.69, 9.17) is 4.74 Å². The number of carbonyl (C=O) groups is 2. The second-order valence-corrected chi connectivity index (χ2v) is 8.83. The van der Waals surface area contributed by atoms with Crippen LogP contribution in [-0.2, 0) is 32.4 Å². The number of nitrogens with one attached hydrogen (secondary N) is 2. The van der Waals surface area contributed by atoms with Crippen LogP contribution in [0.25, 0.3) is 0 Å². The van der Waals surface area contributed by atoms with E-state index in [-0.39, 0.29) is 49.7 Å². The molecule has 0 saturated heterocycles. The number of aromatic nitrogens is 7. The van der Waals surface area contributed by atoms with Gasteiger partial charge in [-0.25, -0.2) is 9.07 Å². The fourth-order valence-corrected chi connectivity index (χ4v) is 3.64. The Hall–Kier alpha value is -4.89. The number of nitrogens with zero attached hydrogens (tertiary/aromatic N) is 7. The number of amides is 2. The minimum absolute atomic E-state index is 0.00926. The van der Waals surface area contributed by atoms with Gasteiger partial charge in [0.2, 0.25) is 0 Å². The molecule has 3 aromatic heterocycles. The maximum Gasteiger partial charge on any atom is 0.416 e. The highest BCUT2D eigenvalue weighted by Gasteiger charge is 2.30. The number of ether oxygens (including phenoxy) is 1. The van der Waals surface area contributed by atoms with Crippen molar-refractivity contribution in [1.29, 1.82) is 0 Å². The van der Waals surface area contributed by atoms with Gasteiger partial charge in [0.1, 0.15) is 11.9 Å². The fourth-order valence-electron chi connectivity index (χ4n) is 3.64. The molecule has 4 aromatic rings. The van der Waals surface area contributed by atoms with Crippen molar-refractivity contribution in [2.24, 2.45) is 0 Å². The number of benzene rings is 1. The van der Waals surface area contributed by atoms with E-state index in [1.807, 2.05) is 6.07 Å². The van der Waals surface area contributed by atoms with Crippen LogP contribution in [0, 0.1) is 0 Å². The van der Waals surface area contributed by atoms with Gasteiger partial charge < -0.3 is 15.4 Å². The predicted octanol–water partition coefficient (Wildman–Crippen LogP) is 2.58. The minimum atomic E-state index is -4.53. The number of halogens is 4. The number of alkyl halides is 4. The first kappa shape index (κ1) is 29.1. The third-order valence-electron chi connectivity index (χ3n) is 5.76. The molecule has 0 fully saturated rings. The van der Waals surface area contributed by atoms with Crippen LogP contribution in [0.4, 0.5) is 17.6 Å². The zero-order chi connectivity index (χ0) is 29.4. The van der Waals surface area contributed by atoms with Crippen LogP contribution in [-0.4, -0.2) is 60.1 Å². The van der Waals surface area contributed by atoms with E-state index in [9.17, 15) is 27.2 Å². The first-order valence-electron chi connectivity index (χ1n) is 12.3. The van der Waals surface area contributed by atoms with E-state index >= 15 is 0 Å². The highest BCUT2D eigenvalue weighted by atomic mass is 19.4. The van der Waals surface area contributed by atoms with E-state index in [2.05, 4.69) is 36.2 Å². The molecule has 2 amide bonds. The van der Waals surface area contributed by atoms with E-state index in [0.717, 1.165) is 28.6 Å². The normalized spacial score (nSPS) is 12.1. The maximum atomic E-state index is 14.6. The quantitative estimate of drug-likeness (QED) is 0.246. The van der Waals surface area contributed by atoms with E-state index < -0.39 is 29.7 Å². The molecule has 1 atom stereocenters. The van der Waals surface area contributed by atoms with Gasteiger partial charge in [-0.3, -0.25) is 19.3 Å². The van der Waals surface area contributed by atoms with Crippen molar-refractivity contribution in [1.82, 2.24) is 45.6 Å². The largest absolute Gasteiger partial charge is 0.497 e. The molecule has 0 aliphatic heterocycles. The smallest absolute Gasteiger partial charge is 0.416 e. The van der Waals surface area contributed by atoms with Crippen molar-refractivity contribution in [3.63, 3.8) is 0 Å². The van der Waals surface area contributed by atoms with Crippen LogP contribution in [0.1, 0.15) is 44.2 Å². The molecule has 3 heterocycles. The van der Waals surface area contributed by atoms with Crippen LogP contribution < -0.4 is 15.4 Å². The van der Waals surface area contributed by atoms with Crippen molar-refractivity contribution in [2.45, 2.75) is 44.9 Å². The van der Waals surface area contributed by atoms with Crippen LogP contribution in [0.2, 0.25) is 0 Å². The molecule has 0 aliphatic rings. The summed E-state index contributed by atoms with van der Waals surface area (Å²) in [4.78, 5) is 28.5. The van der Waals surface area contributed by atoms with Crippen molar-refractivity contribution in [3.05, 3.63) is 83.2 Å². The first-order valence-corrected chi connectivity index (χ1v) is 12.3. The Labute approximate surface area is 230 Å². The molecule has 0 saturated carbocycles. The lowest BCUT2D eigenvalue weighted by molar-refractivity contribution is -0.137. The average Bonchev–Trinajstić information content (AvgIpc) is 3.63. The van der Waals surface area contributed by atoms with Crippen molar-refractivity contribution >= 4 is 11.8 Å². The maximum absolute atomic E-state index is 14.6. The lowest BCUT2D eigenvalue weighted by Crippen LogP contribution is -2.24. The van der Waals surface area contributed by atoms with Crippen LogP contribution in [0.3, 0.4) is 0 Å². The Morgan fingerprint density at radius 1 is 0.976 bits per heavy atom. The van der Waals surface area contributed by atoms with Gasteiger partial charge in [0, 0.05) is 25.7 Å². The van der Waals surface area contributed by atoms with Gasteiger partial charge in [-0.15, -0.1) is 10.2 Å². The van der Waals surface area contributed by atoms with Gasteiger partial charge in [-0.1, -0.05) is 22.6 Å². The Morgan fingerprint density at radius 3 is 2.37 bits per heavy atom. The number of methoxy groups -OCH3 is 1. The molecule has 216 valence electrons. The standard InChI is InChI=1S/C25H25F4N9O3/c1-41-20-4-2-3-16(9-20)11-31-23(39)21-14-37(35-33-21)8-6-18(26)13-38-15-22(34-36-38)24(40)32-12-19-10-17(5-7-30-19)25(27,28)29/h2-5,7,9-10,14-15,18H,6,8,11-13H2,1H3,(H,31,39)(H,32,40). The summed E-state index contributed by atoms with van der Waals surface area (Å²) in [6, 6.07) is 8.89. The second-order valence-electron chi connectivity index (χ2n) is 8.83. The monoisotopic (exact) mass is 575 g/mol. The van der Waals surface area contributed by atoms with Crippen LogP contribution in [0.5, 0.6) is 5.75 Å². The van der Waals surface area contributed by atoms with Gasteiger partial charge in [-0.05, 0) is 29.8 Å². The number of hydrogen-bond acceptors (Lipinski definition) is 8. The molecule has 16 heteroatoms. The highest BCUT2D eigenvalue weighted by molar-refractivity contribution is 5.92. The molecule has 0 spiro atoms. The predicted molar refractivity (Wildman–Crippen MR) is 134 cm³/mol. The van der Waals surface area contributed by atoms with Crippen molar-refractivity contribution < 1.29 is 31.9 Å². The first-order chi connectivity index (χ1) is 19.6.